The summed E-state index contributed by atoms with van der Waals surface area (Å²) in [5, 5.41) is 4.98. The van der Waals surface area contributed by atoms with Gasteiger partial charge in [-0.3, -0.25) is 4.79 Å². The number of nitrogens with one attached hydrogen (secondary N) is 1. The third-order valence-electron chi connectivity index (χ3n) is 5.05. The van der Waals surface area contributed by atoms with Crippen LogP contribution in [0.5, 0.6) is 0 Å². The average molecular weight is 398 g/mol. The highest BCUT2D eigenvalue weighted by Crippen LogP contribution is 2.41. The number of thiophene rings is 1. The number of aromatic nitrogens is 2. The summed E-state index contributed by atoms with van der Waals surface area (Å²) in [6.07, 6.45) is 5.06. The van der Waals surface area contributed by atoms with Crippen LogP contribution in [0.1, 0.15) is 40.5 Å². The molecule has 140 valence electrons. The van der Waals surface area contributed by atoms with Crippen molar-refractivity contribution in [1.29, 1.82) is 0 Å². The Hall–Kier alpha value is -1.92. The second-order valence-electron chi connectivity index (χ2n) is 7.24. The molecular weight excluding hydrogens is 374 g/mol. The quantitative estimate of drug-likeness (QED) is 0.484. The minimum atomic E-state index is -0.236. The number of carbonyl (C=O) groups is 1. The number of nitrogens with zero attached hydrogens (tertiary/aromatic N) is 2. The molecule has 27 heavy (non-hydrogen) atoms. The van der Waals surface area contributed by atoms with E-state index in [1.807, 2.05) is 20.8 Å². The second kappa shape index (κ2) is 7.24. The number of anilines is 1. The van der Waals surface area contributed by atoms with Crippen LogP contribution in [0, 0.1) is 20.8 Å². The fourth-order valence-electron chi connectivity index (χ4n) is 3.81. The Kier molecular flexibility index (Phi) is 4.95. The predicted octanol–water partition coefficient (Wildman–Crippen LogP) is 5.22. The summed E-state index contributed by atoms with van der Waals surface area (Å²) in [5.74, 6) is 0.00805. The molecular formula is C21H23N3OS2. The van der Waals surface area contributed by atoms with E-state index < -0.39 is 0 Å². The van der Waals surface area contributed by atoms with Gasteiger partial charge >= 0.3 is 0 Å². The molecule has 1 N–H and O–H groups in total. The van der Waals surface area contributed by atoms with E-state index in [0.717, 1.165) is 39.5 Å². The van der Waals surface area contributed by atoms with Crippen LogP contribution in [0.2, 0.25) is 0 Å². The number of aryl methyl sites for hydroxylation is 5. The molecule has 2 aromatic heterocycles. The van der Waals surface area contributed by atoms with Crippen molar-refractivity contribution in [2.45, 2.75) is 57.2 Å². The van der Waals surface area contributed by atoms with E-state index in [1.54, 1.807) is 17.7 Å². The number of fused-ring (bicyclic) bond motifs is 3. The highest BCUT2D eigenvalue weighted by atomic mass is 32.2. The van der Waals surface area contributed by atoms with E-state index in [0.29, 0.717) is 0 Å². The Morgan fingerprint density at radius 2 is 1.93 bits per heavy atom. The molecule has 0 unspecified atom stereocenters. The maximum absolute atomic E-state index is 12.8. The molecule has 0 spiro atoms. The average Bonchev–Trinajstić information content (AvgIpc) is 3.18. The zero-order chi connectivity index (χ0) is 19.1. The number of hydrogen-bond acceptors (Lipinski definition) is 5. The first-order valence-electron chi connectivity index (χ1n) is 9.24. The van der Waals surface area contributed by atoms with Crippen LogP contribution < -0.4 is 5.32 Å². The van der Waals surface area contributed by atoms with Crippen molar-refractivity contribution in [3.05, 3.63) is 45.6 Å². The van der Waals surface area contributed by atoms with Gasteiger partial charge in [0.05, 0.1) is 5.25 Å². The summed E-state index contributed by atoms with van der Waals surface area (Å²) in [7, 11) is 0. The Labute approximate surface area is 167 Å². The number of thioether (sulfide) groups is 1. The van der Waals surface area contributed by atoms with Gasteiger partial charge in [0.15, 0.2) is 0 Å². The zero-order valence-electron chi connectivity index (χ0n) is 16.0. The van der Waals surface area contributed by atoms with Crippen LogP contribution in [-0.2, 0) is 17.6 Å². The minimum Gasteiger partial charge on any atom is -0.325 e. The lowest BCUT2D eigenvalue weighted by Crippen LogP contribution is -2.23. The van der Waals surface area contributed by atoms with Crippen molar-refractivity contribution in [3.63, 3.8) is 0 Å². The minimum absolute atomic E-state index is 0.00805. The highest BCUT2D eigenvalue weighted by Gasteiger charge is 2.24. The number of rotatable bonds is 4. The lowest BCUT2D eigenvalue weighted by atomic mass is 10.1. The maximum Gasteiger partial charge on any atom is 0.237 e. The van der Waals surface area contributed by atoms with E-state index in [2.05, 4.69) is 34.3 Å². The third kappa shape index (κ3) is 3.48. The van der Waals surface area contributed by atoms with Gasteiger partial charge in [-0.05, 0) is 63.6 Å². The Bertz CT molecular complexity index is 1020. The molecule has 4 nitrogen and oxygen atoms in total. The molecule has 2 heterocycles. The maximum atomic E-state index is 12.8. The fourth-order valence-corrected chi connectivity index (χ4v) is 6.05. The van der Waals surface area contributed by atoms with Gasteiger partial charge in [-0.25, -0.2) is 9.97 Å². The van der Waals surface area contributed by atoms with Gasteiger partial charge in [0, 0.05) is 16.0 Å². The van der Waals surface area contributed by atoms with E-state index in [1.165, 1.54) is 39.6 Å². The number of hydrogen-bond donors (Lipinski definition) is 1. The highest BCUT2D eigenvalue weighted by molar-refractivity contribution is 8.00. The largest absolute Gasteiger partial charge is 0.325 e. The number of benzene rings is 1. The van der Waals surface area contributed by atoms with Crippen molar-refractivity contribution in [2.75, 3.05) is 5.32 Å². The van der Waals surface area contributed by atoms with Crippen LogP contribution in [0.4, 0.5) is 5.69 Å². The van der Waals surface area contributed by atoms with Gasteiger partial charge in [-0.1, -0.05) is 29.5 Å². The molecule has 3 aromatic rings. The van der Waals surface area contributed by atoms with Crippen molar-refractivity contribution >= 4 is 44.9 Å². The summed E-state index contributed by atoms with van der Waals surface area (Å²) in [5.41, 5.74) is 5.72. The summed E-state index contributed by atoms with van der Waals surface area (Å²) in [4.78, 5) is 24.3. The summed E-state index contributed by atoms with van der Waals surface area (Å²) in [6.45, 7) is 8.09. The monoisotopic (exact) mass is 397 g/mol. The van der Waals surface area contributed by atoms with E-state index >= 15 is 0 Å². The van der Waals surface area contributed by atoms with Gasteiger partial charge < -0.3 is 5.32 Å². The van der Waals surface area contributed by atoms with E-state index in [9.17, 15) is 4.79 Å². The van der Waals surface area contributed by atoms with Gasteiger partial charge in [-0.2, -0.15) is 0 Å². The van der Waals surface area contributed by atoms with Gasteiger partial charge in [0.25, 0.3) is 0 Å². The summed E-state index contributed by atoms with van der Waals surface area (Å²) < 4.78 is 0. The normalized spacial score (nSPS) is 14.4. The molecule has 6 heteroatoms. The SMILES string of the molecule is Cc1cc(C)c(NC(=O)[C@H](C)Sc2ncnc3sc4c(c23)CCC4)c(C)c1. The first-order chi connectivity index (χ1) is 12.9. The second-order valence-corrected chi connectivity index (χ2v) is 9.65. The predicted molar refractivity (Wildman–Crippen MR) is 114 cm³/mol. The molecule has 1 aliphatic carbocycles. The lowest BCUT2D eigenvalue weighted by molar-refractivity contribution is -0.115. The third-order valence-corrected chi connectivity index (χ3v) is 7.35. The van der Waals surface area contributed by atoms with Gasteiger partial charge in [-0.15, -0.1) is 11.3 Å². The van der Waals surface area contributed by atoms with Crippen molar-refractivity contribution in [2.24, 2.45) is 0 Å². The summed E-state index contributed by atoms with van der Waals surface area (Å²) in [6, 6.07) is 4.20. The molecule has 0 bridgehead atoms. The molecule has 1 amide bonds. The molecule has 0 aliphatic heterocycles. The van der Waals surface area contributed by atoms with E-state index in [-0.39, 0.29) is 11.2 Å². The molecule has 0 fully saturated rings. The Morgan fingerprint density at radius 1 is 1.19 bits per heavy atom. The standard InChI is InChI=1S/C21H23N3OS2/c1-11-8-12(2)18(13(3)9-11)24-19(25)14(4)26-20-17-15-6-5-7-16(15)27-21(17)23-10-22-20/h8-10,14H,5-7H2,1-4H3,(H,24,25)/t14-/m0/s1. The molecule has 0 radical (unpaired) electrons. The first kappa shape index (κ1) is 18.4. The van der Waals surface area contributed by atoms with Crippen LogP contribution in [0.3, 0.4) is 0 Å². The fraction of sp³-hybridized carbons (Fsp3) is 0.381. The molecule has 1 aliphatic rings. The molecule has 1 atom stereocenters. The van der Waals surface area contributed by atoms with Crippen LogP contribution in [0.15, 0.2) is 23.5 Å². The smallest absolute Gasteiger partial charge is 0.237 e. The Morgan fingerprint density at radius 3 is 2.67 bits per heavy atom. The molecule has 4 rings (SSSR count). The molecule has 0 saturated carbocycles. The van der Waals surface area contributed by atoms with Crippen molar-refractivity contribution in [1.82, 2.24) is 9.97 Å². The van der Waals surface area contributed by atoms with Crippen LogP contribution >= 0.6 is 23.1 Å². The van der Waals surface area contributed by atoms with Gasteiger partial charge in [0.1, 0.15) is 16.2 Å². The van der Waals surface area contributed by atoms with Crippen LogP contribution in [-0.4, -0.2) is 21.1 Å². The molecule has 1 aromatic carbocycles. The lowest BCUT2D eigenvalue weighted by Gasteiger charge is -2.16. The topological polar surface area (TPSA) is 54.9 Å². The van der Waals surface area contributed by atoms with Crippen molar-refractivity contribution < 1.29 is 4.79 Å². The zero-order valence-corrected chi connectivity index (χ0v) is 17.7. The molecule has 0 saturated heterocycles. The van der Waals surface area contributed by atoms with E-state index in [4.69, 9.17) is 0 Å². The summed E-state index contributed by atoms with van der Waals surface area (Å²) >= 11 is 3.31. The first-order valence-corrected chi connectivity index (χ1v) is 10.9. The van der Waals surface area contributed by atoms with Gasteiger partial charge in [0.2, 0.25) is 5.91 Å². The van der Waals surface area contributed by atoms with Crippen LogP contribution in [0.25, 0.3) is 10.2 Å². The number of amides is 1. The van der Waals surface area contributed by atoms with Crippen molar-refractivity contribution in [3.8, 4) is 0 Å². The Balaban J connectivity index is 1.57. The number of carbonyl (C=O) groups excluding carboxylic acids is 1.